The van der Waals surface area contributed by atoms with Crippen LogP contribution in [0, 0.1) is 0 Å². The Balaban J connectivity index is 1.51. The molecular weight excluding hydrogens is 342 g/mol. The smallest absolute Gasteiger partial charge is 0.255 e. The molecule has 0 aliphatic carbocycles. The Hall–Kier alpha value is -3.26. The van der Waals surface area contributed by atoms with Crippen LogP contribution in [0.15, 0.2) is 55.0 Å². The number of carbonyl (C=O) groups is 1. The van der Waals surface area contributed by atoms with Gasteiger partial charge in [0, 0.05) is 44.1 Å². The van der Waals surface area contributed by atoms with E-state index in [1.54, 1.807) is 29.3 Å². The molecule has 0 unspecified atom stereocenters. The molecule has 0 bridgehead atoms. The van der Waals surface area contributed by atoms with Gasteiger partial charge in [0.25, 0.3) is 5.91 Å². The first-order valence-electron chi connectivity index (χ1n) is 8.95. The summed E-state index contributed by atoms with van der Waals surface area (Å²) in [6.45, 7) is 4.13. The van der Waals surface area contributed by atoms with E-state index in [0.29, 0.717) is 12.1 Å². The zero-order valence-electron chi connectivity index (χ0n) is 14.9. The van der Waals surface area contributed by atoms with Crippen LogP contribution in [-0.2, 0) is 6.54 Å². The zero-order chi connectivity index (χ0) is 18.5. The van der Waals surface area contributed by atoms with Crippen LogP contribution in [0.4, 0.5) is 11.5 Å². The van der Waals surface area contributed by atoms with Crippen LogP contribution in [-0.4, -0.2) is 52.1 Å². The van der Waals surface area contributed by atoms with Crippen molar-refractivity contribution in [3.63, 3.8) is 0 Å². The summed E-state index contributed by atoms with van der Waals surface area (Å²) in [5.41, 5.74) is 2.32. The minimum Gasteiger partial charge on any atom is -0.352 e. The van der Waals surface area contributed by atoms with Gasteiger partial charge in [-0.25, -0.2) is 9.67 Å². The van der Waals surface area contributed by atoms with E-state index in [1.807, 2.05) is 30.3 Å². The van der Waals surface area contributed by atoms with E-state index in [-0.39, 0.29) is 5.91 Å². The number of benzene rings is 1. The van der Waals surface area contributed by atoms with Crippen LogP contribution >= 0.6 is 0 Å². The first-order chi connectivity index (χ1) is 13.3. The quantitative estimate of drug-likeness (QED) is 0.712. The number of aromatic nitrogens is 4. The normalized spacial score (nSPS) is 14.1. The Kier molecular flexibility index (Phi) is 5.06. The Morgan fingerprint density at radius 2 is 2.04 bits per heavy atom. The number of hydrogen-bond donors (Lipinski definition) is 2. The molecule has 1 saturated heterocycles. The first kappa shape index (κ1) is 17.2. The van der Waals surface area contributed by atoms with Crippen LogP contribution in [0.2, 0.25) is 0 Å². The van der Waals surface area contributed by atoms with Gasteiger partial charge in [0.1, 0.15) is 0 Å². The van der Waals surface area contributed by atoms with Gasteiger partial charge in [-0.2, -0.15) is 0 Å². The average molecular weight is 363 g/mol. The Morgan fingerprint density at radius 1 is 1.15 bits per heavy atom. The van der Waals surface area contributed by atoms with Crippen LogP contribution in [0.25, 0.3) is 0 Å². The van der Waals surface area contributed by atoms with Crippen LogP contribution in [0.1, 0.15) is 15.9 Å². The predicted octanol–water partition coefficient (Wildman–Crippen LogP) is 1.38. The monoisotopic (exact) mass is 363 g/mol. The van der Waals surface area contributed by atoms with E-state index in [9.17, 15) is 4.79 Å². The lowest BCUT2D eigenvalue weighted by atomic mass is 10.1. The Labute approximate surface area is 157 Å². The molecule has 1 fully saturated rings. The van der Waals surface area contributed by atoms with Crippen molar-refractivity contribution in [2.45, 2.75) is 6.54 Å². The molecule has 138 valence electrons. The maximum atomic E-state index is 12.8. The number of hydrogen-bond acceptors (Lipinski definition) is 6. The summed E-state index contributed by atoms with van der Waals surface area (Å²) in [5.74, 6) is 0.658. The fourth-order valence-corrected chi connectivity index (χ4v) is 3.13. The zero-order valence-corrected chi connectivity index (χ0v) is 14.9. The van der Waals surface area contributed by atoms with Gasteiger partial charge in [-0.3, -0.25) is 4.79 Å². The maximum Gasteiger partial charge on any atom is 0.255 e. The topological polar surface area (TPSA) is 88.0 Å². The Morgan fingerprint density at radius 3 is 2.85 bits per heavy atom. The summed E-state index contributed by atoms with van der Waals surface area (Å²) in [6, 6.07) is 11.2. The van der Waals surface area contributed by atoms with E-state index in [0.717, 1.165) is 43.2 Å². The number of nitrogens with zero attached hydrogens (tertiary/aromatic N) is 5. The number of piperazine rings is 1. The molecule has 0 radical (unpaired) electrons. The molecule has 0 atom stereocenters. The lowest BCUT2D eigenvalue weighted by molar-refractivity contribution is 0.102. The molecule has 1 aromatic carbocycles. The highest BCUT2D eigenvalue weighted by Gasteiger charge is 2.17. The van der Waals surface area contributed by atoms with Gasteiger partial charge >= 0.3 is 0 Å². The molecule has 8 heteroatoms. The number of nitrogens with one attached hydrogen (secondary N) is 2. The molecule has 2 N–H and O–H groups in total. The molecule has 1 aliphatic rings. The highest BCUT2D eigenvalue weighted by molar-refractivity contribution is 6.05. The van der Waals surface area contributed by atoms with E-state index >= 15 is 0 Å². The van der Waals surface area contributed by atoms with Crippen LogP contribution in [0.3, 0.4) is 0 Å². The number of carbonyl (C=O) groups excluding carboxylic acids is 1. The van der Waals surface area contributed by atoms with Gasteiger partial charge in [0.2, 0.25) is 0 Å². The summed E-state index contributed by atoms with van der Waals surface area (Å²) in [5, 5.41) is 14.1. The minimum atomic E-state index is -0.153. The third-order valence-electron chi connectivity index (χ3n) is 4.46. The van der Waals surface area contributed by atoms with E-state index in [1.165, 1.54) is 0 Å². The number of amides is 1. The molecule has 1 amide bonds. The molecule has 4 rings (SSSR count). The average Bonchev–Trinajstić information content (AvgIpc) is 3.22. The molecular formula is C19H21N7O. The van der Waals surface area contributed by atoms with Gasteiger partial charge in [-0.1, -0.05) is 17.3 Å². The second kappa shape index (κ2) is 7.96. The summed E-state index contributed by atoms with van der Waals surface area (Å²) in [6.07, 6.45) is 5.19. The summed E-state index contributed by atoms with van der Waals surface area (Å²) in [7, 11) is 0. The number of pyridine rings is 1. The van der Waals surface area contributed by atoms with Gasteiger partial charge in [0.15, 0.2) is 5.82 Å². The molecule has 0 saturated carbocycles. The van der Waals surface area contributed by atoms with Gasteiger partial charge in [0.05, 0.1) is 18.4 Å². The largest absolute Gasteiger partial charge is 0.352 e. The van der Waals surface area contributed by atoms with Gasteiger partial charge < -0.3 is 15.5 Å². The molecule has 27 heavy (non-hydrogen) atoms. The van der Waals surface area contributed by atoms with Crippen LogP contribution < -0.4 is 15.5 Å². The number of anilines is 2. The molecule has 3 aromatic rings. The van der Waals surface area contributed by atoms with Crippen molar-refractivity contribution < 1.29 is 4.79 Å². The standard InChI is InChI=1S/C19H21N7O/c27-19(16-4-1-3-15(13-16)14-26-12-9-22-24-26)23-17-5-2-6-21-18(17)25-10-7-20-8-11-25/h1-6,9,12-13,20H,7-8,10-11,14H2,(H,23,27). The summed E-state index contributed by atoms with van der Waals surface area (Å²) < 4.78 is 1.72. The second-order valence-electron chi connectivity index (χ2n) is 6.37. The SMILES string of the molecule is O=C(Nc1cccnc1N1CCNCC1)c1cccc(Cn2ccnn2)c1. The van der Waals surface area contributed by atoms with Crippen molar-refractivity contribution >= 4 is 17.4 Å². The molecule has 0 spiro atoms. The van der Waals surface area contributed by atoms with Crippen molar-refractivity contribution in [1.29, 1.82) is 0 Å². The van der Waals surface area contributed by atoms with E-state index in [2.05, 4.69) is 30.8 Å². The van der Waals surface area contributed by atoms with Crippen molar-refractivity contribution in [3.8, 4) is 0 Å². The first-order valence-corrected chi connectivity index (χ1v) is 8.95. The number of rotatable bonds is 5. The predicted molar refractivity (Wildman–Crippen MR) is 103 cm³/mol. The fourth-order valence-electron chi connectivity index (χ4n) is 3.13. The van der Waals surface area contributed by atoms with Crippen LogP contribution in [0.5, 0.6) is 0 Å². The minimum absolute atomic E-state index is 0.153. The fraction of sp³-hybridized carbons (Fsp3) is 0.263. The summed E-state index contributed by atoms with van der Waals surface area (Å²) >= 11 is 0. The third-order valence-corrected chi connectivity index (χ3v) is 4.46. The lowest BCUT2D eigenvalue weighted by Crippen LogP contribution is -2.44. The third kappa shape index (κ3) is 4.12. The molecule has 2 aromatic heterocycles. The highest BCUT2D eigenvalue weighted by Crippen LogP contribution is 2.23. The van der Waals surface area contributed by atoms with Crippen molar-refractivity contribution in [1.82, 2.24) is 25.3 Å². The maximum absolute atomic E-state index is 12.8. The highest BCUT2D eigenvalue weighted by atomic mass is 16.1. The van der Waals surface area contributed by atoms with E-state index in [4.69, 9.17) is 0 Å². The van der Waals surface area contributed by atoms with Crippen molar-refractivity contribution in [2.24, 2.45) is 0 Å². The van der Waals surface area contributed by atoms with Gasteiger partial charge in [-0.15, -0.1) is 5.10 Å². The van der Waals surface area contributed by atoms with Gasteiger partial charge in [-0.05, 0) is 29.8 Å². The Bertz CT molecular complexity index is 904. The molecule has 8 nitrogen and oxygen atoms in total. The van der Waals surface area contributed by atoms with Crippen molar-refractivity contribution in [3.05, 3.63) is 66.1 Å². The molecule has 3 heterocycles. The van der Waals surface area contributed by atoms with Crippen molar-refractivity contribution in [2.75, 3.05) is 36.4 Å². The lowest BCUT2D eigenvalue weighted by Gasteiger charge is -2.29. The van der Waals surface area contributed by atoms with E-state index < -0.39 is 0 Å². The summed E-state index contributed by atoms with van der Waals surface area (Å²) in [4.78, 5) is 19.5. The second-order valence-corrected chi connectivity index (χ2v) is 6.37. The molecule has 1 aliphatic heterocycles.